The molecule has 1 aromatic rings. The Labute approximate surface area is 106 Å². The molecule has 0 aromatic carbocycles. The Morgan fingerprint density at radius 3 is 2.29 bits per heavy atom. The molecule has 1 saturated heterocycles. The minimum absolute atomic E-state index is 0.146. The summed E-state index contributed by atoms with van der Waals surface area (Å²) in [6.45, 7) is 4.64. The Hall–Kier alpha value is -0.720. The summed E-state index contributed by atoms with van der Waals surface area (Å²) in [4.78, 5) is 11.0. The Morgan fingerprint density at radius 2 is 1.82 bits per heavy atom. The second-order valence-electron chi connectivity index (χ2n) is 3.37. The van der Waals surface area contributed by atoms with Crippen LogP contribution in [0.1, 0.15) is 26.7 Å². The highest BCUT2D eigenvalue weighted by atomic mass is 32.2. The van der Waals surface area contributed by atoms with Crippen LogP contribution in [0.15, 0.2) is 21.7 Å². The molecule has 0 radical (unpaired) electrons. The molecule has 1 fully saturated rings. The molecule has 1 aliphatic rings. The number of Topliss-reactive ketones (excluding diaryl/α,β-unsaturated/α-hetero) is 1. The third-order valence-corrected chi connectivity index (χ3v) is 5.64. The fourth-order valence-corrected chi connectivity index (χ4v) is 4.10. The summed E-state index contributed by atoms with van der Waals surface area (Å²) in [5.41, 5.74) is 0. The van der Waals surface area contributed by atoms with E-state index in [0.29, 0.717) is 30.1 Å². The number of carbonyl (C=O) groups excluding carboxylic acids is 1. The maximum absolute atomic E-state index is 12.0. The average Bonchev–Trinajstić information content (AvgIpc) is 2.86. The predicted molar refractivity (Wildman–Crippen MR) is 68.7 cm³/mol. The van der Waals surface area contributed by atoms with E-state index in [1.165, 1.54) is 15.6 Å². The van der Waals surface area contributed by atoms with E-state index in [0.717, 1.165) is 0 Å². The van der Waals surface area contributed by atoms with Crippen molar-refractivity contribution in [1.82, 2.24) is 4.31 Å². The van der Waals surface area contributed by atoms with Crippen molar-refractivity contribution < 1.29 is 13.2 Å². The van der Waals surface area contributed by atoms with Gasteiger partial charge in [0.05, 0.1) is 0 Å². The lowest BCUT2D eigenvalue weighted by Gasteiger charge is -2.24. The Balaban J connectivity index is 0.000000686. The topological polar surface area (TPSA) is 54.5 Å². The van der Waals surface area contributed by atoms with Gasteiger partial charge in [-0.3, -0.25) is 4.79 Å². The molecule has 96 valence electrons. The van der Waals surface area contributed by atoms with Crippen molar-refractivity contribution in [3.05, 3.63) is 17.5 Å². The third-order valence-electron chi connectivity index (χ3n) is 2.37. The SMILES string of the molecule is CC.O=C1CCN(S(=O)(=O)c2cccs2)CC1. The lowest BCUT2D eigenvalue weighted by molar-refractivity contribution is -0.120. The first-order valence-corrected chi connectivity index (χ1v) is 7.98. The number of thiophene rings is 1. The summed E-state index contributed by atoms with van der Waals surface area (Å²) in [5, 5.41) is 1.74. The first-order chi connectivity index (χ1) is 8.10. The van der Waals surface area contributed by atoms with Gasteiger partial charge >= 0.3 is 0 Å². The second-order valence-corrected chi connectivity index (χ2v) is 6.49. The van der Waals surface area contributed by atoms with Crippen LogP contribution in [-0.4, -0.2) is 31.6 Å². The first kappa shape index (κ1) is 14.3. The Kier molecular flexibility index (Phi) is 5.30. The molecular weight excluding hydrogens is 258 g/mol. The van der Waals surface area contributed by atoms with Crippen LogP contribution < -0.4 is 0 Å². The van der Waals surface area contributed by atoms with Crippen LogP contribution in [-0.2, 0) is 14.8 Å². The van der Waals surface area contributed by atoms with E-state index in [4.69, 9.17) is 0 Å². The summed E-state index contributed by atoms with van der Waals surface area (Å²) >= 11 is 1.21. The molecule has 0 N–H and O–H groups in total. The van der Waals surface area contributed by atoms with Gasteiger partial charge in [0.1, 0.15) is 9.99 Å². The van der Waals surface area contributed by atoms with Crippen molar-refractivity contribution in [3.63, 3.8) is 0 Å². The third kappa shape index (κ3) is 3.37. The minimum atomic E-state index is -3.34. The Bertz CT molecular complexity index is 441. The molecule has 0 unspecified atom stereocenters. The van der Waals surface area contributed by atoms with Crippen molar-refractivity contribution in [2.45, 2.75) is 30.9 Å². The van der Waals surface area contributed by atoms with Gasteiger partial charge in [0, 0.05) is 25.9 Å². The molecule has 0 aliphatic carbocycles. The van der Waals surface area contributed by atoms with Crippen molar-refractivity contribution in [1.29, 1.82) is 0 Å². The first-order valence-electron chi connectivity index (χ1n) is 5.66. The molecule has 0 amide bonds. The largest absolute Gasteiger partial charge is 0.300 e. The van der Waals surface area contributed by atoms with Gasteiger partial charge in [0.25, 0.3) is 10.0 Å². The number of nitrogens with zero attached hydrogens (tertiary/aromatic N) is 1. The normalized spacial score (nSPS) is 17.4. The maximum atomic E-state index is 12.0. The van der Waals surface area contributed by atoms with Crippen LogP contribution in [0.5, 0.6) is 0 Å². The summed E-state index contributed by atoms with van der Waals surface area (Å²) in [7, 11) is -3.34. The minimum Gasteiger partial charge on any atom is -0.300 e. The quantitative estimate of drug-likeness (QED) is 0.831. The van der Waals surface area contributed by atoms with Gasteiger partial charge < -0.3 is 0 Å². The van der Waals surface area contributed by atoms with Gasteiger partial charge in [0.15, 0.2) is 0 Å². The van der Waals surface area contributed by atoms with Crippen LogP contribution in [0.2, 0.25) is 0 Å². The summed E-state index contributed by atoms with van der Waals surface area (Å²) in [6.07, 6.45) is 0.676. The predicted octanol–water partition coefficient (Wildman–Crippen LogP) is 2.13. The smallest absolute Gasteiger partial charge is 0.252 e. The molecule has 0 bridgehead atoms. The highest BCUT2D eigenvalue weighted by Crippen LogP contribution is 2.22. The van der Waals surface area contributed by atoms with E-state index in [1.807, 2.05) is 13.8 Å². The van der Waals surface area contributed by atoms with E-state index >= 15 is 0 Å². The zero-order valence-electron chi connectivity index (χ0n) is 10.0. The molecule has 1 aliphatic heterocycles. The molecule has 6 heteroatoms. The summed E-state index contributed by atoms with van der Waals surface area (Å²) in [5.74, 6) is 0.146. The zero-order chi connectivity index (χ0) is 12.9. The fraction of sp³-hybridized carbons (Fsp3) is 0.545. The van der Waals surface area contributed by atoms with Crippen LogP contribution in [0.4, 0.5) is 0 Å². The fourth-order valence-electron chi connectivity index (χ4n) is 1.51. The molecule has 1 aromatic heterocycles. The molecule has 0 spiro atoms. The summed E-state index contributed by atoms with van der Waals surface area (Å²) < 4.78 is 25.7. The highest BCUT2D eigenvalue weighted by molar-refractivity contribution is 7.91. The van der Waals surface area contributed by atoms with E-state index in [2.05, 4.69) is 0 Å². The molecule has 2 heterocycles. The number of sulfonamides is 1. The lowest BCUT2D eigenvalue weighted by Crippen LogP contribution is -2.38. The van der Waals surface area contributed by atoms with Crippen molar-refractivity contribution in [2.75, 3.05) is 13.1 Å². The number of hydrogen-bond acceptors (Lipinski definition) is 4. The van der Waals surface area contributed by atoms with E-state index < -0.39 is 10.0 Å². The van der Waals surface area contributed by atoms with Gasteiger partial charge in [-0.15, -0.1) is 11.3 Å². The van der Waals surface area contributed by atoms with E-state index in [9.17, 15) is 13.2 Å². The monoisotopic (exact) mass is 275 g/mol. The van der Waals surface area contributed by atoms with Crippen LogP contribution >= 0.6 is 11.3 Å². The van der Waals surface area contributed by atoms with Gasteiger partial charge in [-0.2, -0.15) is 4.31 Å². The zero-order valence-corrected chi connectivity index (χ0v) is 11.7. The summed E-state index contributed by atoms with van der Waals surface area (Å²) in [6, 6.07) is 3.31. The molecule has 2 rings (SSSR count). The molecule has 0 atom stereocenters. The van der Waals surface area contributed by atoms with Gasteiger partial charge in [-0.1, -0.05) is 19.9 Å². The van der Waals surface area contributed by atoms with Gasteiger partial charge in [-0.05, 0) is 11.4 Å². The van der Waals surface area contributed by atoms with Crippen molar-refractivity contribution in [2.24, 2.45) is 0 Å². The highest BCUT2D eigenvalue weighted by Gasteiger charge is 2.28. The van der Waals surface area contributed by atoms with Crippen molar-refractivity contribution in [3.8, 4) is 0 Å². The Morgan fingerprint density at radius 1 is 1.24 bits per heavy atom. The van der Waals surface area contributed by atoms with Crippen LogP contribution in [0, 0.1) is 0 Å². The number of piperidine rings is 1. The van der Waals surface area contributed by atoms with Gasteiger partial charge in [-0.25, -0.2) is 8.42 Å². The number of rotatable bonds is 2. The second kappa shape index (κ2) is 6.28. The van der Waals surface area contributed by atoms with Gasteiger partial charge in [0.2, 0.25) is 0 Å². The standard InChI is InChI=1S/C9H11NO3S2.C2H6/c11-8-3-5-10(6-4-8)15(12,13)9-2-1-7-14-9;1-2/h1-2,7H,3-6H2;1-2H3. The molecule has 17 heavy (non-hydrogen) atoms. The number of hydrogen-bond donors (Lipinski definition) is 0. The lowest BCUT2D eigenvalue weighted by atomic mass is 10.1. The molecular formula is C11H17NO3S2. The average molecular weight is 275 g/mol. The number of ketones is 1. The molecule has 4 nitrogen and oxygen atoms in total. The molecule has 0 saturated carbocycles. The number of carbonyl (C=O) groups is 1. The van der Waals surface area contributed by atoms with Crippen molar-refractivity contribution >= 4 is 27.1 Å². The van der Waals surface area contributed by atoms with Crippen LogP contribution in [0.25, 0.3) is 0 Å². The van der Waals surface area contributed by atoms with E-state index in [-0.39, 0.29) is 5.78 Å². The van der Waals surface area contributed by atoms with E-state index in [1.54, 1.807) is 17.5 Å². The van der Waals surface area contributed by atoms with Crippen LogP contribution in [0.3, 0.4) is 0 Å². The maximum Gasteiger partial charge on any atom is 0.252 e.